The highest BCUT2D eigenvalue weighted by Crippen LogP contribution is 2.41. The Hall–Kier alpha value is -1.08. The number of thiol groups is 1. The Kier molecular flexibility index (Phi) is 10.7. The Morgan fingerprint density at radius 1 is 1.17 bits per heavy atom. The van der Waals surface area contributed by atoms with E-state index in [4.69, 9.17) is 59.2 Å². The van der Waals surface area contributed by atoms with E-state index in [1.54, 1.807) is 10.9 Å². The van der Waals surface area contributed by atoms with Crippen LogP contribution in [0.2, 0.25) is 15.1 Å². The van der Waals surface area contributed by atoms with Crippen molar-refractivity contribution in [1.29, 1.82) is 0 Å². The third kappa shape index (κ3) is 6.48. The van der Waals surface area contributed by atoms with E-state index in [0.717, 1.165) is 53.4 Å². The molecule has 3 atom stereocenters. The van der Waals surface area contributed by atoms with Crippen LogP contribution in [0, 0.1) is 0 Å². The largest absolute Gasteiger partial charge is 0.381 e. The first-order valence-corrected chi connectivity index (χ1v) is 14.2. The number of rotatable bonds is 7. The van der Waals surface area contributed by atoms with Crippen LogP contribution < -0.4 is 5.32 Å². The number of halogens is 4. The van der Waals surface area contributed by atoms with E-state index >= 15 is 0 Å². The van der Waals surface area contributed by atoms with Gasteiger partial charge in [0.1, 0.15) is 0 Å². The molecule has 4 rings (SSSR count). The molecule has 1 fully saturated rings. The van der Waals surface area contributed by atoms with Crippen molar-refractivity contribution in [3.63, 3.8) is 0 Å². The Morgan fingerprint density at radius 2 is 1.89 bits per heavy atom. The average Bonchev–Trinajstić information content (AvgIpc) is 3.39. The predicted molar refractivity (Wildman–Crippen MR) is 159 cm³/mol. The molecular weight excluding hydrogens is 554 g/mol. The summed E-state index contributed by atoms with van der Waals surface area (Å²) < 4.78 is 3.89. The van der Waals surface area contributed by atoms with Crippen molar-refractivity contribution < 1.29 is 0 Å². The lowest BCUT2D eigenvalue weighted by atomic mass is 9.81. The van der Waals surface area contributed by atoms with Gasteiger partial charge >= 0.3 is 0 Å². The number of nitrogens with zero attached hydrogens (tertiary/aromatic N) is 3. The second-order valence-corrected chi connectivity index (χ2v) is 11.1. The summed E-state index contributed by atoms with van der Waals surface area (Å²) in [5.74, 6) is 0.239. The maximum absolute atomic E-state index is 6.64. The number of allylic oxidation sites excluding steroid dienone is 4. The second kappa shape index (κ2) is 13.1. The van der Waals surface area contributed by atoms with E-state index in [9.17, 15) is 0 Å². The third-order valence-corrected chi connectivity index (χ3v) is 8.51. The molecule has 0 saturated carbocycles. The molecule has 1 saturated heterocycles. The summed E-state index contributed by atoms with van der Waals surface area (Å²) in [6.07, 6.45) is 7.44. The van der Waals surface area contributed by atoms with Gasteiger partial charge in [-0.3, -0.25) is 4.68 Å². The Morgan fingerprint density at radius 3 is 2.50 bits per heavy atom. The van der Waals surface area contributed by atoms with Gasteiger partial charge in [0.2, 0.25) is 0 Å². The predicted octanol–water partition coefficient (Wildman–Crippen LogP) is 8.66. The zero-order chi connectivity index (χ0) is 26.6. The number of aryl methyl sites for hydroxylation is 1. The van der Waals surface area contributed by atoms with Crippen LogP contribution in [-0.4, -0.2) is 32.7 Å². The summed E-state index contributed by atoms with van der Waals surface area (Å²) in [7, 11) is 1.86. The van der Waals surface area contributed by atoms with Gasteiger partial charge in [-0.2, -0.15) is 5.10 Å². The molecule has 1 N–H and O–H groups in total. The van der Waals surface area contributed by atoms with Gasteiger partial charge in [-0.1, -0.05) is 99.1 Å². The van der Waals surface area contributed by atoms with Crippen molar-refractivity contribution in [1.82, 2.24) is 19.4 Å². The molecule has 2 unspecified atom stereocenters. The zero-order valence-electron chi connectivity index (χ0n) is 21.2. The zero-order valence-corrected chi connectivity index (χ0v) is 25.1. The lowest BCUT2D eigenvalue weighted by Crippen LogP contribution is -2.50. The molecule has 2 aromatic rings. The van der Waals surface area contributed by atoms with Crippen molar-refractivity contribution >= 4 is 64.8 Å². The van der Waals surface area contributed by atoms with Crippen molar-refractivity contribution in [2.24, 2.45) is 7.05 Å². The quantitative estimate of drug-likeness (QED) is 0.318. The second-order valence-electron chi connectivity index (χ2n) is 8.94. The lowest BCUT2D eigenvalue weighted by molar-refractivity contribution is 0.201. The molecule has 1 aliphatic carbocycles. The van der Waals surface area contributed by atoms with Crippen molar-refractivity contribution in [3.8, 4) is 0 Å². The van der Waals surface area contributed by atoms with Gasteiger partial charge in [0.05, 0.1) is 27.0 Å². The molecule has 196 valence electrons. The van der Waals surface area contributed by atoms with Crippen LogP contribution in [0.5, 0.6) is 0 Å². The van der Waals surface area contributed by atoms with E-state index in [1.807, 2.05) is 33.0 Å². The minimum atomic E-state index is 0.0966. The first-order chi connectivity index (χ1) is 17.2. The summed E-state index contributed by atoms with van der Waals surface area (Å²) in [5.41, 5.74) is 4.74. The maximum atomic E-state index is 6.64. The SMILES string of the molecule is C=C(NC1CN(S)C(CCC)C[C@H]1c1ccc(Cl)c(Cl)c1)C1=CC(c2c(Cl)cnn2C)=C(Cl)C1.CC. The molecule has 0 radical (unpaired) electrons. The molecule has 2 aliphatic rings. The van der Waals surface area contributed by atoms with Crippen molar-refractivity contribution in [3.05, 3.63) is 79.7 Å². The van der Waals surface area contributed by atoms with Crippen LogP contribution in [0.15, 0.2) is 53.4 Å². The molecule has 1 aromatic carbocycles. The molecule has 1 aromatic heterocycles. The van der Waals surface area contributed by atoms with Crippen LogP contribution in [-0.2, 0) is 7.05 Å². The van der Waals surface area contributed by atoms with E-state index in [-0.39, 0.29) is 12.0 Å². The first-order valence-electron chi connectivity index (χ1n) is 12.3. The van der Waals surface area contributed by atoms with Gasteiger partial charge in [-0.15, -0.1) is 0 Å². The molecule has 9 heteroatoms. The summed E-state index contributed by atoms with van der Waals surface area (Å²) >= 11 is 30.4. The van der Waals surface area contributed by atoms with E-state index < -0.39 is 0 Å². The number of aromatic nitrogens is 2. The highest BCUT2D eigenvalue weighted by molar-refractivity contribution is 7.77. The van der Waals surface area contributed by atoms with E-state index in [1.165, 1.54) is 5.56 Å². The van der Waals surface area contributed by atoms with Crippen molar-refractivity contribution in [2.45, 2.75) is 64.5 Å². The first kappa shape index (κ1) is 29.5. The fraction of sp³-hybridized carbons (Fsp3) is 0.444. The topological polar surface area (TPSA) is 33.1 Å². The lowest BCUT2D eigenvalue weighted by Gasteiger charge is -2.43. The fourth-order valence-corrected chi connectivity index (χ4v) is 6.15. The number of piperidine rings is 1. The Labute approximate surface area is 240 Å². The van der Waals surface area contributed by atoms with Gasteiger partial charge < -0.3 is 5.32 Å². The van der Waals surface area contributed by atoms with Crippen LogP contribution in [0.3, 0.4) is 0 Å². The summed E-state index contributed by atoms with van der Waals surface area (Å²) in [4.78, 5) is 0. The summed E-state index contributed by atoms with van der Waals surface area (Å²) in [6.45, 7) is 11.3. The maximum Gasteiger partial charge on any atom is 0.0877 e. The minimum Gasteiger partial charge on any atom is -0.381 e. The summed E-state index contributed by atoms with van der Waals surface area (Å²) in [5, 5.41) is 10.4. The van der Waals surface area contributed by atoms with Gasteiger partial charge in [0.25, 0.3) is 0 Å². The summed E-state index contributed by atoms with van der Waals surface area (Å²) in [6, 6.07) is 6.42. The van der Waals surface area contributed by atoms with Crippen molar-refractivity contribution in [2.75, 3.05) is 6.54 Å². The van der Waals surface area contributed by atoms with Crippen LogP contribution in [0.1, 0.15) is 63.6 Å². The van der Waals surface area contributed by atoms with Gasteiger partial charge in [-0.05, 0) is 42.2 Å². The molecule has 4 nitrogen and oxygen atoms in total. The van der Waals surface area contributed by atoms with E-state index in [2.05, 4.69) is 40.4 Å². The highest BCUT2D eigenvalue weighted by Gasteiger charge is 2.36. The fourth-order valence-electron chi connectivity index (χ4n) is 4.90. The standard InChI is InChI=1S/C25H28Cl4N4S.C2H6/c1-4-5-17-11-18(15-6-7-20(26)22(28)9-15)24(13-33(17)34)31-14(2)16-8-19(21(27)10-16)25-23(29)12-30-32(25)3;1-2/h6-9,12,17-18,24,31,34H,2,4-5,10-11,13H2,1,3H3;1-2H3/t17?,18-,24?;/m0./s1. The number of nitrogens with one attached hydrogen (secondary N) is 1. The van der Waals surface area contributed by atoms with Crippen LogP contribution >= 0.6 is 59.2 Å². The molecule has 0 spiro atoms. The number of hydrogen-bond donors (Lipinski definition) is 2. The molecule has 2 heterocycles. The van der Waals surface area contributed by atoms with Gasteiger partial charge in [0, 0.05) is 54.3 Å². The molecule has 0 bridgehead atoms. The monoisotopic (exact) mass is 586 g/mol. The van der Waals surface area contributed by atoms with Gasteiger partial charge in [0.15, 0.2) is 0 Å². The molecule has 36 heavy (non-hydrogen) atoms. The number of benzene rings is 1. The highest BCUT2D eigenvalue weighted by atomic mass is 35.5. The molecule has 0 amide bonds. The smallest absolute Gasteiger partial charge is 0.0877 e. The van der Waals surface area contributed by atoms with Crippen LogP contribution in [0.4, 0.5) is 0 Å². The normalized spacial score (nSPS) is 22.2. The molecular formula is C27H34Cl4N4S. The Balaban J connectivity index is 0.00000176. The Bertz CT molecular complexity index is 1140. The third-order valence-electron chi connectivity index (χ3n) is 6.66. The average molecular weight is 588 g/mol. The van der Waals surface area contributed by atoms with Gasteiger partial charge in [-0.25, -0.2) is 4.31 Å². The van der Waals surface area contributed by atoms with E-state index in [0.29, 0.717) is 27.5 Å². The molecule has 1 aliphatic heterocycles. The minimum absolute atomic E-state index is 0.0966. The number of hydrogen-bond acceptors (Lipinski definition) is 4. The van der Waals surface area contributed by atoms with Crippen LogP contribution in [0.25, 0.3) is 5.57 Å².